The molecule has 0 radical (unpaired) electrons. The second-order valence-electron chi connectivity index (χ2n) is 7.41. The molecule has 0 saturated carbocycles. The van der Waals surface area contributed by atoms with Gasteiger partial charge in [-0.15, -0.1) is 0 Å². The predicted molar refractivity (Wildman–Crippen MR) is 117 cm³/mol. The van der Waals surface area contributed by atoms with Gasteiger partial charge in [-0.1, -0.05) is 38.1 Å². The van der Waals surface area contributed by atoms with E-state index in [1.165, 1.54) is 10.9 Å². The highest BCUT2D eigenvalue weighted by Gasteiger charge is 2.13. The normalized spacial score (nSPS) is 11.6. The molecule has 30 heavy (non-hydrogen) atoms. The molecule has 6 heteroatoms. The number of aryl methyl sites for hydroxylation is 1. The largest absolute Gasteiger partial charge is 0.485 e. The van der Waals surface area contributed by atoms with Gasteiger partial charge in [0.15, 0.2) is 5.82 Å². The van der Waals surface area contributed by atoms with Crippen LogP contribution in [0.1, 0.15) is 42.5 Å². The van der Waals surface area contributed by atoms with Gasteiger partial charge < -0.3 is 9.15 Å². The Morgan fingerprint density at radius 2 is 2.00 bits per heavy atom. The molecular weight excluding hydrogens is 378 g/mol. The third kappa shape index (κ3) is 4.03. The smallest absolute Gasteiger partial charge is 0.282 e. The van der Waals surface area contributed by atoms with Crippen LogP contribution in [0.5, 0.6) is 5.75 Å². The van der Waals surface area contributed by atoms with Crippen LogP contribution in [-0.4, -0.2) is 15.9 Å². The lowest BCUT2D eigenvalue weighted by Gasteiger charge is -2.16. The lowest BCUT2D eigenvalue weighted by Crippen LogP contribution is -2.23. The van der Waals surface area contributed by atoms with Crippen molar-refractivity contribution in [2.24, 2.45) is 5.10 Å². The molecule has 152 valence electrons. The van der Waals surface area contributed by atoms with Crippen molar-refractivity contribution < 1.29 is 9.15 Å². The molecule has 0 saturated heterocycles. The fourth-order valence-electron chi connectivity index (χ4n) is 3.25. The molecule has 0 spiro atoms. The van der Waals surface area contributed by atoms with E-state index in [1.807, 2.05) is 31.2 Å². The molecule has 6 nitrogen and oxygen atoms in total. The molecule has 0 fully saturated rings. The van der Waals surface area contributed by atoms with Gasteiger partial charge in [-0.05, 0) is 54.3 Å². The maximum atomic E-state index is 13.1. The molecule has 0 aliphatic heterocycles. The molecule has 0 amide bonds. The third-order valence-electron chi connectivity index (χ3n) is 4.81. The number of rotatable bonds is 6. The van der Waals surface area contributed by atoms with Crippen molar-refractivity contribution in [3.8, 4) is 5.75 Å². The fraction of sp³-hybridized carbons (Fsp3) is 0.208. The Balaban J connectivity index is 1.75. The van der Waals surface area contributed by atoms with E-state index in [1.54, 1.807) is 24.5 Å². The summed E-state index contributed by atoms with van der Waals surface area (Å²) in [5, 5.41) is 4.83. The Hall–Kier alpha value is -3.67. The summed E-state index contributed by atoms with van der Waals surface area (Å²) in [4.78, 5) is 17.7. The van der Waals surface area contributed by atoms with Gasteiger partial charge in [0.2, 0.25) is 0 Å². The first-order chi connectivity index (χ1) is 14.5. The summed E-state index contributed by atoms with van der Waals surface area (Å²) in [6.07, 6.45) is 3.05. The average Bonchev–Trinajstić information content (AvgIpc) is 3.25. The van der Waals surface area contributed by atoms with Gasteiger partial charge in [-0.25, -0.2) is 4.98 Å². The van der Waals surface area contributed by atoms with E-state index in [4.69, 9.17) is 9.15 Å². The van der Waals surface area contributed by atoms with Gasteiger partial charge in [0.1, 0.15) is 18.1 Å². The van der Waals surface area contributed by atoms with E-state index in [0.29, 0.717) is 28.4 Å². The lowest BCUT2D eigenvalue weighted by atomic mass is 10.0. The summed E-state index contributed by atoms with van der Waals surface area (Å²) in [7, 11) is 0. The van der Waals surface area contributed by atoms with Crippen LogP contribution in [0.25, 0.3) is 10.9 Å². The number of ether oxygens (including phenoxy) is 1. The lowest BCUT2D eigenvalue weighted by molar-refractivity contribution is 0.285. The van der Waals surface area contributed by atoms with E-state index in [9.17, 15) is 4.79 Å². The summed E-state index contributed by atoms with van der Waals surface area (Å²) in [6, 6.07) is 16.9. The number of fused-ring (bicyclic) bond motifs is 1. The summed E-state index contributed by atoms with van der Waals surface area (Å²) in [5.74, 6) is 2.05. The van der Waals surface area contributed by atoms with Gasteiger partial charge in [0.25, 0.3) is 5.56 Å². The van der Waals surface area contributed by atoms with Crippen molar-refractivity contribution >= 4 is 17.1 Å². The first kappa shape index (κ1) is 19.6. The zero-order valence-corrected chi connectivity index (χ0v) is 17.2. The Bertz CT molecular complexity index is 1250. The Labute approximate surface area is 174 Å². The van der Waals surface area contributed by atoms with Crippen LogP contribution in [0.15, 0.2) is 75.2 Å². The topological polar surface area (TPSA) is 69.6 Å². The minimum atomic E-state index is -0.254. The van der Waals surface area contributed by atoms with Gasteiger partial charge in [-0.3, -0.25) is 4.79 Å². The van der Waals surface area contributed by atoms with E-state index in [0.717, 1.165) is 16.9 Å². The molecule has 0 N–H and O–H groups in total. The maximum Gasteiger partial charge on any atom is 0.282 e. The number of hydrogen-bond donors (Lipinski definition) is 0. The van der Waals surface area contributed by atoms with E-state index >= 15 is 0 Å². The molecular formula is C24H23N3O3. The average molecular weight is 401 g/mol. The van der Waals surface area contributed by atoms with Crippen LogP contribution in [0, 0.1) is 6.92 Å². The Morgan fingerprint density at radius 3 is 2.77 bits per heavy atom. The molecule has 0 bridgehead atoms. The SMILES string of the molecule is Cc1ccc(C(C)C)c(OCc2nc3ccccc3c(=O)n2/N=C\c2ccco2)c1. The van der Waals surface area contributed by atoms with Gasteiger partial charge in [-0.2, -0.15) is 9.78 Å². The monoisotopic (exact) mass is 401 g/mol. The fourth-order valence-corrected chi connectivity index (χ4v) is 3.25. The summed E-state index contributed by atoms with van der Waals surface area (Å²) in [5.41, 5.74) is 2.57. The van der Waals surface area contributed by atoms with Crippen molar-refractivity contribution in [1.82, 2.24) is 9.66 Å². The van der Waals surface area contributed by atoms with E-state index < -0.39 is 0 Å². The number of benzene rings is 2. The second-order valence-corrected chi connectivity index (χ2v) is 7.41. The molecule has 2 aromatic carbocycles. The van der Waals surface area contributed by atoms with E-state index in [-0.39, 0.29) is 12.2 Å². The van der Waals surface area contributed by atoms with Crippen LogP contribution in [0.2, 0.25) is 0 Å². The molecule has 0 aliphatic rings. The molecule has 4 aromatic rings. The highest BCUT2D eigenvalue weighted by molar-refractivity contribution is 5.78. The van der Waals surface area contributed by atoms with Crippen LogP contribution in [0.4, 0.5) is 0 Å². The van der Waals surface area contributed by atoms with E-state index in [2.05, 4.69) is 36.1 Å². The molecule has 4 rings (SSSR count). The van der Waals surface area contributed by atoms with Gasteiger partial charge >= 0.3 is 0 Å². The highest BCUT2D eigenvalue weighted by Crippen LogP contribution is 2.28. The minimum Gasteiger partial charge on any atom is -0.485 e. The third-order valence-corrected chi connectivity index (χ3v) is 4.81. The quantitative estimate of drug-likeness (QED) is 0.432. The number of furan rings is 1. The highest BCUT2D eigenvalue weighted by atomic mass is 16.5. The Morgan fingerprint density at radius 1 is 1.17 bits per heavy atom. The number of nitrogens with zero attached hydrogens (tertiary/aromatic N) is 3. The van der Waals surface area contributed by atoms with Crippen LogP contribution in [0.3, 0.4) is 0 Å². The number of hydrogen-bond acceptors (Lipinski definition) is 5. The van der Waals surface area contributed by atoms with Crippen molar-refractivity contribution in [3.63, 3.8) is 0 Å². The van der Waals surface area contributed by atoms with Crippen LogP contribution in [-0.2, 0) is 6.61 Å². The summed E-state index contributed by atoms with van der Waals surface area (Å²) >= 11 is 0. The van der Waals surface area contributed by atoms with Gasteiger partial charge in [0.05, 0.1) is 23.4 Å². The van der Waals surface area contributed by atoms with Crippen molar-refractivity contribution in [1.29, 1.82) is 0 Å². The summed E-state index contributed by atoms with van der Waals surface area (Å²) < 4.78 is 12.7. The summed E-state index contributed by atoms with van der Waals surface area (Å²) in [6.45, 7) is 6.37. The molecule has 2 heterocycles. The number of para-hydroxylation sites is 1. The van der Waals surface area contributed by atoms with Crippen LogP contribution < -0.4 is 10.3 Å². The van der Waals surface area contributed by atoms with Crippen molar-refractivity contribution in [2.75, 3.05) is 0 Å². The zero-order valence-electron chi connectivity index (χ0n) is 17.2. The predicted octanol–water partition coefficient (Wildman–Crippen LogP) is 4.88. The maximum absolute atomic E-state index is 13.1. The molecule has 0 unspecified atom stereocenters. The minimum absolute atomic E-state index is 0.110. The molecule has 0 aliphatic carbocycles. The van der Waals surface area contributed by atoms with Gasteiger partial charge in [0, 0.05) is 0 Å². The van der Waals surface area contributed by atoms with Crippen LogP contribution >= 0.6 is 0 Å². The first-order valence-corrected chi connectivity index (χ1v) is 9.85. The zero-order chi connectivity index (χ0) is 21.1. The Kier molecular flexibility index (Phi) is 5.48. The first-order valence-electron chi connectivity index (χ1n) is 9.85. The van der Waals surface area contributed by atoms with Crippen molar-refractivity contribution in [3.05, 3.63) is 93.9 Å². The van der Waals surface area contributed by atoms with Crippen molar-refractivity contribution in [2.45, 2.75) is 33.3 Å². The standard InChI is InChI=1S/C24H23N3O3/c1-16(2)19-11-10-17(3)13-22(19)30-15-23-26-21-9-5-4-8-20(21)24(28)27(23)25-14-18-7-6-12-29-18/h4-14,16H,15H2,1-3H3/b25-14-. The number of aromatic nitrogens is 2. The molecule has 2 aromatic heterocycles. The molecule has 0 atom stereocenters. The second kappa shape index (κ2) is 8.37.